The minimum Gasteiger partial charge on any atom is -0.325 e. The van der Waals surface area contributed by atoms with Crippen molar-refractivity contribution in [1.82, 2.24) is 9.55 Å². The number of aromatic nitrogens is 2. The number of halogens is 3. The van der Waals surface area contributed by atoms with Crippen LogP contribution in [0.5, 0.6) is 0 Å². The van der Waals surface area contributed by atoms with Gasteiger partial charge < -0.3 is 4.57 Å². The van der Waals surface area contributed by atoms with Crippen LogP contribution in [0.4, 0.5) is 4.39 Å². The van der Waals surface area contributed by atoms with E-state index in [1.54, 1.807) is 6.07 Å². The number of fused-ring (bicyclic) bond motifs is 1. The molecular formula is C16H21Cl2FN2. The third-order valence-corrected chi connectivity index (χ3v) is 4.27. The van der Waals surface area contributed by atoms with Crippen molar-refractivity contribution in [1.29, 1.82) is 0 Å². The van der Waals surface area contributed by atoms with Crippen molar-refractivity contribution in [2.45, 2.75) is 52.0 Å². The molecule has 1 unspecified atom stereocenters. The molecule has 116 valence electrons. The van der Waals surface area contributed by atoms with Crippen LogP contribution in [0.15, 0.2) is 12.1 Å². The first-order valence-electron chi connectivity index (χ1n) is 7.50. The van der Waals surface area contributed by atoms with Crippen LogP contribution in [-0.2, 0) is 6.42 Å². The van der Waals surface area contributed by atoms with Crippen molar-refractivity contribution in [2.24, 2.45) is 0 Å². The predicted molar refractivity (Wildman–Crippen MR) is 88.0 cm³/mol. The van der Waals surface area contributed by atoms with Gasteiger partial charge in [0, 0.05) is 24.4 Å². The standard InChI is InChI=1S/C16H21Cl2FN2/c1-3-4-5-6-11(2)21-15-9-12(18)13(19)10-14(15)20-16(21)7-8-17/h9-11H,3-8H2,1-2H3. The summed E-state index contributed by atoms with van der Waals surface area (Å²) >= 11 is 11.8. The highest BCUT2D eigenvalue weighted by Gasteiger charge is 2.17. The number of aryl methyl sites for hydroxylation is 1. The summed E-state index contributed by atoms with van der Waals surface area (Å²) in [5.74, 6) is 0.983. The van der Waals surface area contributed by atoms with Crippen LogP contribution < -0.4 is 0 Å². The zero-order valence-electron chi connectivity index (χ0n) is 12.5. The highest BCUT2D eigenvalue weighted by atomic mass is 35.5. The summed E-state index contributed by atoms with van der Waals surface area (Å²) in [7, 11) is 0. The average Bonchev–Trinajstić information content (AvgIpc) is 2.77. The number of benzene rings is 1. The first kappa shape index (κ1) is 16.6. The van der Waals surface area contributed by atoms with Crippen molar-refractivity contribution >= 4 is 34.2 Å². The molecule has 0 fully saturated rings. The Morgan fingerprint density at radius 2 is 2.10 bits per heavy atom. The van der Waals surface area contributed by atoms with Crippen LogP contribution in [-0.4, -0.2) is 15.4 Å². The molecule has 0 aliphatic heterocycles. The fourth-order valence-electron chi connectivity index (χ4n) is 2.71. The Labute approximate surface area is 135 Å². The van der Waals surface area contributed by atoms with Crippen molar-refractivity contribution < 1.29 is 4.39 Å². The van der Waals surface area contributed by atoms with E-state index in [9.17, 15) is 4.39 Å². The smallest absolute Gasteiger partial charge is 0.144 e. The van der Waals surface area contributed by atoms with Gasteiger partial charge in [-0.05, 0) is 19.4 Å². The van der Waals surface area contributed by atoms with E-state index < -0.39 is 5.82 Å². The maximum atomic E-state index is 13.6. The number of hydrogen-bond donors (Lipinski definition) is 0. The van der Waals surface area contributed by atoms with Gasteiger partial charge in [0.2, 0.25) is 0 Å². The molecule has 1 atom stereocenters. The topological polar surface area (TPSA) is 17.8 Å². The highest BCUT2D eigenvalue weighted by Crippen LogP contribution is 2.29. The Morgan fingerprint density at radius 3 is 2.76 bits per heavy atom. The molecule has 1 aromatic carbocycles. The molecule has 0 saturated carbocycles. The molecule has 0 N–H and O–H groups in total. The molecule has 21 heavy (non-hydrogen) atoms. The van der Waals surface area contributed by atoms with E-state index >= 15 is 0 Å². The van der Waals surface area contributed by atoms with Crippen LogP contribution >= 0.6 is 23.2 Å². The second kappa shape index (κ2) is 7.46. The molecule has 0 aliphatic carbocycles. The van der Waals surface area contributed by atoms with E-state index in [0.29, 0.717) is 23.9 Å². The molecule has 0 spiro atoms. The molecule has 0 radical (unpaired) electrons. The van der Waals surface area contributed by atoms with Gasteiger partial charge in [0.25, 0.3) is 0 Å². The number of alkyl halides is 1. The summed E-state index contributed by atoms with van der Waals surface area (Å²) in [6.07, 6.45) is 5.34. The zero-order chi connectivity index (χ0) is 15.4. The average molecular weight is 331 g/mol. The van der Waals surface area contributed by atoms with Gasteiger partial charge in [0.05, 0.1) is 16.1 Å². The Morgan fingerprint density at radius 1 is 1.33 bits per heavy atom. The third-order valence-electron chi connectivity index (χ3n) is 3.79. The predicted octanol–water partition coefficient (Wildman–Crippen LogP) is 5.75. The molecular weight excluding hydrogens is 310 g/mol. The van der Waals surface area contributed by atoms with Gasteiger partial charge in [-0.2, -0.15) is 0 Å². The molecule has 2 nitrogen and oxygen atoms in total. The summed E-state index contributed by atoms with van der Waals surface area (Å²) in [6.45, 7) is 4.37. The van der Waals surface area contributed by atoms with E-state index in [0.717, 1.165) is 17.8 Å². The maximum absolute atomic E-state index is 13.6. The van der Waals surface area contributed by atoms with Crippen LogP contribution in [0.3, 0.4) is 0 Å². The van der Waals surface area contributed by atoms with Crippen molar-refractivity contribution in [3.05, 3.63) is 28.8 Å². The lowest BCUT2D eigenvalue weighted by molar-refractivity contribution is 0.474. The largest absolute Gasteiger partial charge is 0.325 e. The Kier molecular flexibility index (Phi) is 5.88. The Balaban J connectivity index is 2.42. The lowest BCUT2D eigenvalue weighted by Crippen LogP contribution is -2.10. The number of rotatable bonds is 7. The van der Waals surface area contributed by atoms with Gasteiger partial charge in [-0.1, -0.05) is 37.8 Å². The van der Waals surface area contributed by atoms with E-state index in [4.69, 9.17) is 23.2 Å². The number of hydrogen-bond acceptors (Lipinski definition) is 1. The van der Waals surface area contributed by atoms with Crippen LogP contribution in [0.25, 0.3) is 11.0 Å². The summed E-state index contributed by atoms with van der Waals surface area (Å²) in [5, 5.41) is 0.141. The number of nitrogens with zero attached hydrogens (tertiary/aromatic N) is 2. The lowest BCUT2D eigenvalue weighted by atomic mass is 10.1. The monoisotopic (exact) mass is 330 g/mol. The molecule has 2 rings (SSSR count). The van der Waals surface area contributed by atoms with Gasteiger partial charge in [0.15, 0.2) is 0 Å². The zero-order valence-corrected chi connectivity index (χ0v) is 14.0. The summed E-state index contributed by atoms with van der Waals surface area (Å²) in [6, 6.07) is 3.39. The van der Waals surface area contributed by atoms with Gasteiger partial charge >= 0.3 is 0 Å². The minimum atomic E-state index is -0.426. The Bertz CT molecular complexity index is 610. The molecule has 1 heterocycles. The SMILES string of the molecule is CCCCCC(C)n1c(CCCl)nc2cc(F)c(Cl)cc21. The fourth-order valence-corrected chi connectivity index (χ4v) is 3.04. The quantitative estimate of drug-likeness (QED) is 0.466. The molecule has 0 bridgehead atoms. The lowest BCUT2D eigenvalue weighted by Gasteiger charge is -2.17. The van der Waals surface area contributed by atoms with Crippen LogP contribution in [0.2, 0.25) is 5.02 Å². The normalized spacial score (nSPS) is 13.0. The maximum Gasteiger partial charge on any atom is 0.144 e. The van der Waals surface area contributed by atoms with Gasteiger partial charge in [-0.15, -0.1) is 11.6 Å². The minimum absolute atomic E-state index is 0.141. The van der Waals surface area contributed by atoms with Gasteiger partial charge in [-0.3, -0.25) is 0 Å². The van der Waals surface area contributed by atoms with Crippen molar-refractivity contribution in [2.75, 3.05) is 5.88 Å². The molecule has 1 aromatic heterocycles. The van der Waals surface area contributed by atoms with Gasteiger partial charge in [0.1, 0.15) is 11.6 Å². The fraction of sp³-hybridized carbons (Fsp3) is 0.562. The molecule has 0 aliphatic rings. The van der Waals surface area contributed by atoms with Crippen LogP contribution in [0, 0.1) is 5.82 Å². The Hall–Kier alpha value is -0.800. The van der Waals surface area contributed by atoms with Crippen LogP contribution in [0.1, 0.15) is 51.4 Å². The van der Waals surface area contributed by atoms with E-state index in [-0.39, 0.29) is 5.02 Å². The highest BCUT2D eigenvalue weighted by molar-refractivity contribution is 6.31. The number of imidazole rings is 1. The van der Waals surface area contributed by atoms with E-state index in [1.807, 2.05) is 0 Å². The molecule has 0 saturated heterocycles. The summed E-state index contributed by atoms with van der Waals surface area (Å²) in [5.41, 5.74) is 1.55. The van der Waals surface area contributed by atoms with E-state index in [1.165, 1.54) is 25.3 Å². The second-order valence-corrected chi connectivity index (χ2v) is 6.22. The second-order valence-electron chi connectivity index (χ2n) is 5.44. The van der Waals surface area contributed by atoms with Crippen molar-refractivity contribution in [3.8, 4) is 0 Å². The summed E-state index contributed by atoms with van der Waals surface area (Å²) < 4.78 is 15.8. The van der Waals surface area contributed by atoms with E-state index in [2.05, 4.69) is 23.4 Å². The third kappa shape index (κ3) is 3.70. The summed E-state index contributed by atoms with van der Waals surface area (Å²) in [4.78, 5) is 4.53. The molecule has 5 heteroatoms. The number of unbranched alkanes of at least 4 members (excludes halogenated alkanes) is 2. The molecule has 0 amide bonds. The van der Waals surface area contributed by atoms with Gasteiger partial charge in [-0.25, -0.2) is 9.37 Å². The molecule has 2 aromatic rings. The first-order chi connectivity index (χ1) is 10.1. The van der Waals surface area contributed by atoms with Crippen molar-refractivity contribution in [3.63, 3.8) is 0 Å². The first-order valence-corrected chi connectivity index (χ1v) is 8.41.